The summed E-state index contributed by atoms with van der Waals surface area (Å²) in [5, 5.41) is 2.53. The monoisotopic (exact) mass is 549 g/mol. The van der Waals surface area contributed by atoms with Crippen LogP contribution < -0.4 is 0 Å². The molecule has 0 saturated heterocycles. The molecule has 0 unspecified atom stereocenters. The van der Waals surface area contributed by atoms with Gasteiger partial charge in [-0.05, 0) is 63.7 Å². The Labute approximate surface area is 230 Å². The second-order valence-corrected chi connectivity index (χ2v) is 10.4. The fraction of sp³-hybridized carbons (Fsp3) is 0. The molecule has 0 aliphatic heterocycles. The van der Waals surface area contributed by atoms with Crippen LogP contribution >= 0.6 is 15.9 Å². The highest BCUT2D eigenvalue weighted by Gasteiger charge is 2.13. The van der Waals surface area contributed by atoms with Gasteiger partial charge in [-0.25, -0.2) is 0 Å². The van der Waals surface area contributed by atoms with Crippen LogP contribution in [0.2, 0.25) is 0 Å². The van der Waals surface area contributed by atoms with Gasteiger partial charge in [0.2, 0.25) is 0 Å². The highest BCUT2D eigenvalue weighted by molar-refractivity contribution is 9.10. The Morgan fingerprint density at radius 3 is 1.74 bits per heavy atom. The largest absolute Gasteiger partial charge is 0.309 e. The Hall–Kier alpha value is -4.40. The normalized spacial score (nSPS) is 11.3. The van der Waals surface area contributed by atoms with E-state index < -0.39 is 0 Å². The highest BCUT2D eigenvalue weighted by Crippen LogP contribution is 2.36. The molecule has 6 aromatic carbocycles. The van der Waals surface area contributed by atoms with Gasteiger partial charge in [0.25, 0.3) is 0 Å². The lowest BCUT2D eigenvalue weighted by Crippen LogP contribution is -1.94. The molecule has 0 aliphatic carbocycles. The second-order valence-electron chi connectivity index (χ2n) is 9.55. The van der Waals surface area contributed by atoms with E-state index >= 15 is 0 Å². The zero-order valence-electron chi connectivity index (χ0n) is 20.7. The van der Waals surface area contributed by atoms with Crippen molar-refractivity contribution in [2.24, 2.45) is 0 Å². The molecule has 0 fully saturated rings. The standard InChI is InChI=1S/C36H24BrN/c37-34-12-6-4-10-31(34)28-16-14-27(15-17-28)29-20-23-33-32-11-5-7-13-35(32)38(36(33)24-29)30-21-18-26(19-22-30)25-8-2-1-3-9-25/h1-24H. The first kappa shape index (κ1) is 22.8. The third kappa shape index (κ3) is 3.95. The highest BCUT2D eigenvalue weighted by atomic mass is 79.9. The summed E-state index contributed by atoms with van der Waals surface area (Å²) < 4.78 is 3.50. The number of hydrogen-bond donors (Lipinski definition) is 0. The molecular weight excluding hydrogens is 526 g/mol. The number of hydrogen-bond acceptors (Lipinski definition) is 0. The lowest BCUT2D eigenvalue weighted by atomic mass is 9.99. The molecule has 0 saturated carbocycles. The van der Waals surface area contributed by atoms with E-state index in [2.05, 4.69) is 160 Å². The summed E-state index contributed by atoms with van der Waals surface area (Å²) in [4.78, 5) is 0. The minimum atomic E-state index is 1.11. The van der Waals surface area contributed by atoms with Crippen LogP contribution in [0.15, 0.2) is 150 Å². The second kappa shape index (κ2) is 9.48. The van der Waals surface area contributed by atoms with Crippen LogP contribution in [0.25, 0.3) is 60.9 Å². The predicted molar refractivity (Wildman–Crippen MR) is 165 cm³/mol. The van der Waals surface area contributed by atoms with Crippen LogP contribution in [0.3, 0.4) is 0 Å². The Bertz CT molecular complexity index is 1900. The van der Waals surface area contributed by atoms with Crippen LogP contribution in [0, 0.1) is 0 Å². The summed E-state index contributed by atoms with van der Waals surface area (Å²) >= 11 is 3.69. The van der Waals surface area contributed by atoms with Crippen molar-refractivity contribution in [3.63, 3.8) is 0 Å². The lowest BCUT2D eigenvalue weighted by Gasteiger charge is -2.11. The van der Waals surface area contributed by atoms with E-state index in [9.17, 15) is 0 Å². The number of rotatable bonds is 4. The number of fused-ring (bicyclic) bond motifs is 3. The third-order valence-electron chi connectivity index (χ3n) is 7.31. The van der Waals surface area contributed by atoms with Gasteiger partial charge in [0.15, 0.2) is 0 Å². The van der Waals surface area contributed by atoms with E-state index in [1.807, 2.05) is 6.07 Å². The average Bonchev–Trinajstić information content (AvgIpc) is 3.32. The van der Waals surface area contributed by atoms with Gasteiger partial charge in [0.05, 0.1) is 11.0 Å². The van der Waals surface area contributed by atoms with E-state index in [0.717, 1.165) is 10.2 Å². The molecule has 2 heteroatoms. The molecule has 1 aromatic heterocycles. The van der Waals surface area contributed by atoms with E-state index in [0.29, 0.717) is 0 Å². The van der Waals surface area contributed by atoms with Crippen molar-refractivity contribution in [1.82, 2.24) is 4.57 Å². The summed E-state index contributed by atoms with van der Waals surface area (Å²) in [5.41, 5.74) is 10.9. The zero-order chi connectivity index (χ0) is 25.5. The molecule has 0 bridgehead atoms. The molecule has 1 heterocycles. The molecule has 0 amide bonds. The van der Waals surface area contributed by atoms with Crippen molar-refractivity contribution in [1.29, 1.82) is 0 Å². The van der Waals surface area contributed by atoms with E-state index in [4.69, 9.17) is 0 Å². The molecule has 7 rings (SSSR count). The minimum Gasteiger partial charge on any atom is -0.309 e. The van der Waals surface area contributed by atoms with Crippen molar-refractivity contribution < 1.29 is 0 Å². The first-order valence-corrected chi connectivity index (χ1v) is 13.6. The van der Waals surface area contributed by atoms with Crippen molar-refractivity contribution in [3.05, 3.63) is 150 Å². The Kier molecular flexibility index (Phi) is 5.68. The first-order chi connectivity index (χ1) is 18.8. The SMILES string of the molecule is Brc1ccccc1-c1ccc(-c2ccc3c4ccccc4n(-c4ccc(-c5ccccc5)cc4)c3c2)cc1. The fourth-order valence-corrected chi connectivity index (χ4v) is 5.91. The number of para-hydroxylation sites is 1. The quantitative estimate of drug-likeness (QED) is 0.205. The molecule has 1 nitrogen and oxygen atoms in total. The number of nitrogens with zero attached hydrogens (tertiary/aromatic N) is 1. The summed E-state index contributed by atoms with van der Waals surface area (Å²) in [7, 11) is 0. The molecular formula is C36H24BrN. The van der Waals surface area contributed by atoms with Crippen molar-refractivity contribution in [3.8, 4) is 39.1 Å². The average molecular weight is 550 g/mol. The number of benzene rings is 6. The molecule has 0 N–H and O–H groups in total. The van der Waals surface area contributed by atoms with Crippen LogP contribution in [0.5, 0.6) is 0 Å². The maximum atomic E-state index is 3.69. The Morgan fingerprint density at radius 2 is 0.947 bits per heavy atom. The molecule has 7 aromatic rings. The van der Waals surface area contributed by atoms with Gasteiger partial charge in [-0.15, -0.1) is 0 Å². The summed E-state index contributed by atoms with van der Waals surface area (Å²) in [5.74, 6) is 0. The van der Waals surface area contributed by atoms with Crippen molar-refractivity contribution >= 4 is 37.7 Å². The molecule has 38 heavy (non-hydrogen) atoms. The smallest absolute Gasteiger partial charge is 0.0547 e. The van der Waals surface area contributed by atoms with Gasteiger partial charge in [-0.1, -0.05) is 131 Å². The molecule has 0 atom stereocenters. The Balaban J connectivity index is 1.34. The summed E-state index contributed by atoms with van der Waals surface area (Å²) in [6.07, 6.45) is 0. The number of halogens is 1. The van der Waals surface area contributed by atoms with E-state index in [-0.39, 0.29) is 0 Å². The van der Waals surface area contributed by atoms with Crippen LogP contribution in [0.1, 0.15) is 0 Å². The predicted octanol–water partition coefficient (Wildman–Crippen LogP) is 10.5. The van der Waals surface area contributed by atoms with E-state index in [1.54, 1.807) is 0 Å². The summed E-state index contributed by atoms with van der Waals surface area (Å²) in [6.45, 7) is 0. The zero-order valence-corrected chi connectivity index (χ0v) is 22.3. The van der Waals surface area contributed by atoms with Crippen LogP contribution in [0.4, 0.5) is 0 Å². The van der Waals surface area contributed by atoms with Gasteiger partial charge in [-0.2, -0.15) is 0 Å². The Morgan fingerprint density at radius 1 is 0.395 bits per heavy atom. The summed E-state index contributed by atoms with van der Waals surface area (Å²) in [6, 6.07) is 52.2. The molecule has 180 valence electrons. The lowest BCUT2D eigenvalue weighted by molar-refractivity contribution is 1.18. The first-order valence-electron chi connectivity index (χ1n) is 12.8. The molecule has 0 aliphatic rings. The maximum Gasteiger partial charge on any atom is 0.0547 e. The van der Waals surface area contributed by atoms with Gasteiger partial charge in [0.1, 0.15) is 0 Å². The van der Waals surface area contributed by atoms with Gasteiger partial charge in [0, 0.05) is 20.9 Å². The van der Waals surface area contributed by atoms with Crippen molar-refractivity contribution in [2.75, 3.05) is 0 Å². The third-order valence-corrected chi connectivity index (χ3v) is 8.00. The fourth-order valence-electron chi connectivity index (χ4n) is 5.40. The number of aromatic nitrogens is 1. The topological polar surface area (TPSA) is 4.93 Å². The molecule has 0 spiro atoms. The minimum absolute atomic E-state index is 1.11. The maximum absolute atomic E-state index is 3.69. The van der Waals surface area contributed by atoms with E-state index in [1.165, 1.54) is 55.2 Å². The van der Waals surface area contributed by atoms with Crippen LogP contribution in [-0.4, -0.2) is 4.57 Å². The molecule has 0 radical (unpaired) electrons. The van der Waals surface area contributed by atoms with Gasteiger partial charge < -0.3 is 4.57 Å². The van der Waals surface area contributed by atoms with Crippen molar-refractivity contribution in [2.45, 2.75) is 0 Å². The van der Waals surface area contributed by atoms with Gasteiger partial charge >= 0.3 is 0 Å². The van der Waals surface area contributed by atoms with Crippen LogP contribution in [-0.2, 0) is 0 Å². The van der Waals surface area contributed by atoms with Gasteiger partial charge in [-0.3, -0.25) is 0 Å².